The molecule has 170 valence electrons. The van der Waals surface area contributed by atoms with Crippen molar-refractivity contribution in [1.82, 2.24) is 25.4 Å². The van der Waals surface area contributed by atoms with Crippen LogP contribution >= 0.6 is 0 Å². The van der Waals surface area contributed by atoms with Crippen LogP contribution in [0.1, 0.15) is 17.5 Å². The molecule has 0 radical (unpaired) electrons. The Kier molecular flexibility index (Phi) is 9.70. The van der Waals surface area contributed by atoms with Crippen LogP contribution in [0, 0.1) is 0 Å². The molecule has 32 heavy (non-hydrogen) atoms. The lowest BCUT2D eigenvalue weighted by Crippen LogP contribution is -2.37. The predicted octanol–water partition coefficient (Wildman–Crippen LogP) is 2.71. The average Bonchev–Trinajstić information content (AvgIpc) is 3.34. The van der Waals surface area contributed by atoms with E-state index < -0.39 is 0 Å². The third-order valence-electron chi connectivity index (χ3n) is 4.95. The summed E-state index contributed by atoms with van der Waals surface area (Å²) < 4.78 is 12.3. The van der Waals surface area contributed by atoms with E-state index in [4.69, 9.17) is 9.47 Å². The van der Waals surface area contributed by atoms with Crippen molar-refractivity contribution < 1.29 is 9.47 Å². The monoisotopic (exact) mass is 436 g/mol. The number of aromatic nitrogens is 3. The first kappa shape index (κ1) is 23.4. The zero-order valence-electron chi connectivity index (χ0n) is 18.8. The highest BCUT2D eigenvalue weighted by atomic mass is 16.5. The molecule has 0 aliphatic carbocycles. The lowest BCUT2D eigenvalue weighted by molar-refractivity contribution is 0.0698. The SMILES string of the molecule is CN=C(NCCCOCCOC)NCc1ccccc1-c1ccc(Cn2cncn2)cc1. The predicted molar refractivity (Wildman–Crippen MR) is 127 cm³/mol. The molecular weight excluding hydrogens is 404 g/mol. The molecule has 0 saturated heterocycles. The van der Waals surface area contributed by atoms with Gasteiger partial charge >= 0.3 is 0 Å². The molecule has 0 aliphatic heterocycles. The maximum absolute atomic E-state index is 5.49. The quantitative estimate of drug-likeness (QED) is 0.258. The van der Waals surface area contributed by atoms with Gasteiger partial charge in [-0.1, -0.05) is 48.5 Å². The van der Waals surface area contributed by atoms with E-state index in [-0.39, 0.29) is 0 Å². The third kappa shape index (κ3) is 7.47. The largest absolute Gasteiger partial charge is 0.382 e. The minimum absolute atomic E-state index is 0.626. The van der Waals surface area contributed by atoms with Gasteiger partial charge in [-0.25, -0.2) is 9.67 Å². The first-order valence-electron chi connectivity index (χ1n) is 10.8. The van der Waals surface area contributed by atoms with Crippen LogP contribution in [0.5, 0.6) is 0 Å². The fourth-order valence-corrected chi connectivity index (χ4v) is 3.27. The van der Waals surface area contributed by atoms with Crippen LogP contribution in [0.25, 0.3) is 11.1 Å². The molecule has 8 heteroatoms. The van der Waals surface area contributed by atoms with Crippen molar-refractivity contribution >= 4 is 5.96 Å². The van der Waals surface area contributed by atoms with Crippen molar-refractivity contribution in [3.8, 4) is 11.1 Å². The average molecular weight is 437 g/mol. The summed E-state index contributed by atoms with van der Waals surface area (Å²) in [6.07, 6.45) is 4.18. The van der Waals surface area contributed by atoms with Crippen LogP contribution in [-0.2, 0) is 22.6 Å². The Balaban J connectivity index is 1.52. The number of guanidine groups is 1. The van der Waals surface area contributed by atoms with Crippen LogP contribution in [0.3, 0.4) is 0 Å². The van der Waals surface area contributed by atoms with Crippen LogP contribution in [0.15, 0.2) is 66.2 Å². The molecule has 3 rings (SSSR count). The topological polar surface area (TPSA) is 85.6 Å². The highest BCUT2D eigenvalue weighted by molar-refractivity contribution is 5.80. The number of nitrogens with one attached hydrogen (secondary N) is 2. The fraction of sp³-hybridized carbons (Fsp3) is 0.375. The van der Waals surface area contributed by atoms with Crippen LogP contribution in [0.2, 0.25) is 0 Å². The first-order chi connectivity index (χ1) is 15.8. The molecule has 0 spiro atoms. The molecule has 1 aromatic heterocycles. The van der Waals surface area contributed by atoms with E-state index in [1.807, 2.05) is 4.68 Å². The summed E-state index contributed by atoms with van der Waals surface area (Å²) in [6, 6.07) is 17.0. The van der Waals surface area contributed by atoms with Crippen molar-refractivity contribution in [3.63, 3.8) is 0 Å². The van der Waals surface area contributed by atoms with Crippen LogP contribution < -0.4 is 10.6 Å². The van der Waals surface area contributed by atoms with Gasteiger partial charge in [0.2, 0.25) is 0 Å². The van der Waals surface area contributed by atoms with E-state index in [1.54, 1.807) is 26.8 Å². The molecule has 8 nitrogen and oxygen atoms in total. The van der Waals surface area contributed by atoms with Crippen molar-refractivity contribution in [1.29, 1.82) is 0 Å². The second-order valence-corrected chi connectivity index (χ2v) is 7.26. The summed E-state index contributed by atoms with van der Waals surface area (Å²) in [5, 5.41) is 10.9. The van der Waals surface area contributed by atoms with Crippen molar-refractivity contribution in [2.45, 2.75) is 19.5 Å². The number of methoxy groups -OCH3 is 1. The zero-order chi connectivity index (χ0) is 22.4. The second kappa shape index (κ2) is 13.2. The number of benzene rings is 2. The summed E-state index contributed by atoms with van der Waals surface area (Å²) in [5.41, 5.74) is 4.78. The Morgan fingerprint density at radius 3 is 2.62 bits per heavy atom. The standard InChI is InChI=1S/C24H32N6O2/c1-25-24(27-12-5-13-32-15-14-31-2)28-16-22-6-3-4-7-23(22)21-10-8-20(9-11-21)17-30-19-26-18-29-30/h3-4,6-11,18-19H,5,12-17H2,1-2H3,(H2,25,27,28). The lowest BCUT2D eigenvalue weighted by Gasteiger charge is -2.15. The molecule has 0 saturated carbocycles. The van der Waals surface area contributed by atoms with Gasteiger partial charge in [-0.2, -0.15) is 5.10 Å². The van der Waals surface area contributed by atoms with Gasteiger partial charge in [0.05, 0.1) is 19.8 Å². The normalized spacial score (nSPS) is 11.5. The molecule has 0 aliphatic rings. The van der Waals surface area contributed by atoms with Crippen molar-refractivity contribution in [2.75, 3.05) is 40.5 Å². The van der Waals surface area contributed by atoms with Gasteiger partial charge in [-0.05, 0) is 28.7 Å². The molecule has 0 fully saturated rings. The summed E-state index contributed by atoms with van der Waals surface area (Å²) >= 11 is 0. The number of aliphatic imine (C=N–C) groups is 1. The Hall–Kier alpha value is -3.23. The Morgan fingerprint density at radius 1 is 1.03 bits per heavy atom. The van der Waals surface area contributed by atoms with Gasteiger partial charge in [0.15, 0.2) is 5.96 Å². The van der Waals surface area contributed by atoms with E-state index in [9.17, 15) is 0 Å². The highest BCUT2D eigenvalue weighted by Crippen LogP contribution is 2.24. The molecule has 2 N–H and O–H groups in total. The number of ether oxygens (including phenoxy) is 2. The van der Waals surface area contributed by atoms with Gasteiger partial charge in [0, 0.05) is 33.9 Å². The molecule has 0 bridgehead atoms. The van der Waals surface area contributed by atoms with Gasteiger partial charge in [-0.15, -0.1) is 0 Å². The zero-order valence-corrected chi connectivity index (χ0v) is 18.8. The molecule has 1 heterocycles. The van der Waals surface area contributed by atoms with Crippen LogP contribution in [-0.4, -0.2) is 61.2 Å². The maximum atomic E-state index is 5.49. The molecule has 0 amide bonds. The molecule has 3 aromatic rings. The number of rotatable bonds is 12. The Labute approximate surface area is 189 Å². The van der Waals surface area contributed by atoms with Gasteiger partial charge < -0.3 is 20.1 Å². The van der Waals surface area contributed by atoms with Crippen LogP contribution in [0.4, 0.5) is 0 Å². The summed E-state index contributed by atoms with van der Waals surface area (Å²) in [4.78, 5) is 8.31. The fourth-order valence-electron chi connectivity index (χ4n) is 3.27. The molecule has 0 unspecified atom stereocenters. The smallest absolute Gasteiger partial charge is 0.191 e. The van der Waals surface area contributed by atoms with E-state index in [0.717, 1.165) is 18.9 Å². The van der Waals surface area contributed by atoms with Gasteiger partial charge in [0.25, 0.3) is 0 Å². The van der Waals surface area contributed by atoms with E-state index in [0.29, 0.717) is 32.9 Å². The van der Waals surface area contributed by atoms with Gasteiger partial charge in [-0.3, -0.25) is 4.99 Å². The minimum atomic E-state index is 0.626. The summed E-state index contributed by atoms with van der Waals surface area (Å²) in [5.74, 6) is 0.778. The number of hydrogen-bond donors (Lipinski definition) is 2. The minimum Gasteiger partial charge on any atom is -0.382 e. The second-order valence-electron chi connectivity index (χ2n) is 7.26. The van der Waals surface area contributed by atoms with Crippen molar-refractivity contribution in [3.05, 3.63) is 72.3 Å². The third-order valence-corrected chi connectivity index (χ3v) is 4.95. The maximum Gasteiger partial charge on any atom is 0.191 e. The molecule has 2 aromatic carbocycles. The Morgan fingerprint density at radius 2 is 1.88 bits per heavy atom. The number of hydrogen-bond acceptors (Lipinski definition) is 5. The van der Waals surface area contributed by atoms with E-state index >= 15 is 0 Å². The van der Waals surface area contributed by atoms with E-state index in [2.05, 4.69) is 74.2 Å². The molecule has 0 atom stereocenters. The highest BCUT2D eigenvalue weighted by Gasteiger charge is 2.06. The van der Waals surface area contributed by atoms with Crippen molar-refractivity contribution in [2.24, 2.45) is 4.99 Å². The molecular formula is C24H32N6O2. The lowest BCUT2D eigenvalue weighted by atomic mass is 9.98. The first-order valence-corrected chi connectivity index (χ1v) is 10.8. The Bertz CT molecular complexity index is 941. The van der Waals surface area contributed by atoms with Gasteiger partial charge in [0.1, 0.15) is 12.7 Å². The van der Waals surface area contributed by atoms with E-state index in [1.165, 1.54) is 22.3 Å². The number of nitrogens with zero attached hydrogens (tertiary/aromatic N) is 4. The summed E-state index contributed by atoms with van der Waals surface area (Å²) in [7, 11) is 3.46. The summed E-state index contributed by atoms with van der Waals surface area (Å²) in [6.45, 7) is 4.14.